The van der Waals surface area contributed by atoms with Crippen molar-refractivity contribution in [2.75, 3.05) is 0 Å². The third-order valence-corrected chi connectivity index (χ3v) is 2.04. The van der Waals surface area contributed by atoms with E-state index in [0.717, 1.165) is 12.8 Å². The molecule has 0 saturated carbocycles. The minimum Gasteiger partial charge on any atom is -0.313 e. The molecule has 0 amide bonds. The van der Waals surface area contributed by atoms with Crippen LogP contribution in [0.3, 0.4) is 0 Å². The summed E-state index contributed by atoms with van der Waals surface area (Å²) in [4.78, 5) is 0. The van der Waals surface area contributed by atoms with Crippen LogP contribution in [0.4, 0.5) is 0 Å². The fourth-order valence-corrected chi connectivity index (χ4v) is 1.19. The van der Waals surface area contributed by atoms with Crippen molar-refractivity contribution in [1.29, 1.82) is 5.41 Å². The summed E-state index contributed by atoms with van der Waals surface area (Å²) in [6.07, 6.45) is 8.49. The van der Waals surface area contributed by atoms with Crippen LogP contribution in [0.2, 0.25) is 0 Å². The minimum absolute atomic E-state index is 0.410. The molecule has 70 valence electrons. The smallest absolute Gasteiger partial charge is 0.00163 e. The summed E-state index contributed by atoms with van der Waals surface area (Å²) in [5.74, 6) is 0.410. The largest absolute Gasteiger partial charge is 0.313 e. The highest BCUT2D eigenvalue weighted by atomic mass is 14.3. The van der Waals surface area contributed by atoms with Crippen LogP contribution < -0.4 is 0 Å². The SMILES string of the molecule is CCC/C=C(\CC)CC(C)C=N. The normalized spacial score (nSPS) is 14.4. The summed E-state index contributed by atoms with van der Waals surface area (Å²) < 4.78 is 0. The van der Waals surface area contributed by atoms with Crippen LogP contribution >= 0.6 is 0 Å². The van der Waals surface area contributed by atoms with Crippen LogP contribution in [-0.2, 0) is 0 Å². The molecule has 0 radical (unpaired) electrons. The first-order chi connectivity index (χ1) is 5.74. The Bertz CT molecular complexity index is 147. The number of nitrogens with one attached hydrogen (secondary N) is 1. The average molecular weight is 167 g/mol. The van der Waals surface area contributed by atoms with Crippen molar-refractivity contribution < 1.29 is 0 Å². The van der Waals surface area contributed by atoms with E-state index in [1.807, 2.05) is 0 Å². The van der Waals surface area contributed by atoms with Gasteiger partial charge in [0.2, 0.25) is 0 Å². The van der Waals surface area contributed by atoms with Crippen molar-refractivity contribution in [1.82, 2.24) is 0 Å². The molecule has 0 aromatic rings. The Kier molecular flexibility index (Phi) is 6.73. The van der Waals surface area contributed by atoms with Crippen molar-refractivity contribution in [3.8, 4) is 0 Å². The molecule has 0 aromatic carbocycles. The van der Waals surface area contributed by atoms with Crippen LogP contribution in [0, 0.1) is 11.3 Å². The van der Waals surface area contributed by atoms with Crippen LogP contribution in [0.15, 0.2) is 11.6 Å². The Morgan fingerprint density at radius 2 is 2.08 bits per heavy atom. The summed E-state index contributed by atoms with van der Waals surface area (Å²) in [6.45, 7) is 6.49. The molecule has 1 nitrogen and oxygen atoms in total. The van der Waals surface area contributed by atoms with Gasteiger partial charge in [-0.2, -0.15) is 0 Å². The molecule has 12 heavy (non-hydrogen) atoms. The maximum absolute atomic E-state index is 7.10. The lowest BCUT2D eigenvalue weighted by atomic mass is 9.99. The minimum atomic E-state index is 0.410. The van der Waals surface area contributed by atoms with Crippen LogP contribution in [0.25, 0.3) is 0 Å². The lowest BCUT2D eigenvalue weighted by Crippen LogP contribution is -1.96. The molecule has 1 N–H and O–H groups in total. The van der Waals surface area contributed by atoms with Gasteiger partial charge in [0, 0.05) is 0 Å². The number of rotatable bonds is 6. The van der Waals surface area contributed by atoms with Gasteiger partial charge >= 0.3 is 0 Å². The van der Waals surface area contributed by atoms with Crippen molar-refractivity contribution in [3.63, 3.8) is 0 Å². The number of allylic oxidation sites excluding steroid dienone is 2. The Balaban J connectivity index is 3.89. The van der Waals surface area contributed by atoms with Gasteiger partial charge in [-0.1, -0.05) is 38.8 Å². The van der Waals surface area contributed by atoms with Crippen LogP contribution in [0.5, 0.6) is 0 Å². The van der Waals surface area contributed by atoms with Gasteiger partial charge in [-0.25, -0.2) is 0 Å². The second-order valence-electron chi connectivity index (χ2n) is 3.35. The Hall–Kier alpha value is -0.590. The molecule has 0 spiro atoms. The van der Waals surface area contributed by atoms with Crippen molar-refractivity contribution in [2.45, 2.75) is 46.5 Å². The maximum Gasteiger partial charge on any atom is -0.00163 e. The van der Waals surface area contributed by atoms with E-state index in [0.29, 0.717) is 5.92 Å². The standard InChI is InChI=1S/C11H21N/c1-4-6-7-11(5-2)8-10(3)9-12/h7,9-10,12H,4-6,8H2,1-3H3/b11-7+,12-9?. The third-order valence-electron chi connectivity index (χ3n) is 2.04. The Morgan fingerprint density at radius 1 is 1.42 bits per heavy atom. The number of unbranched alkanes of at least 4 members (excludes halogenated alkanes) is 1. The van der Waals surface area contributed by atoms with Crippen molar-refractivity contribution >= 4 is 6.21 Å². The van der Waals surface area contributed by atoms with Gasteiger partial charge in [-0.15, -0.1) is 0 Å². The van der Waals surface area contributed by atoms with Gasteiger partial charge in [0.25, 0.3) is 0 Å². The highest BCUT2D eigenvalue weighted by molar-refractivity contribution is 5.56. The lowest BCUT2D eigenvalue weighted by Gasteiger charge is -2.07. The van der Waals surface area contributed by atoms with Crippen LogP contribution in [-0.4, -0.2) is 6.21 Å². The average Bonchev–Trinajstić information content (AvgIpc) is 2.11. The molecule has 0 heterocycles. The van der Waals surface area contributed by atoms with E-state index >= 15 is 0 Å². The molecule has 0 fully saturated rings. The summed E-state index contributed by atoms with van der Waals surface area (Å²) in [6, 6.07) is 0. The molecular weight excluding hydrogens is 146 g/mol. The third kappa shape index (κ3) is 5.11. The molecule has 0 aliphatic rings. The molecule has 0 rings (SSSR count). The van der Waals surface area contributed by atoms with E-state index in [2.05, 4.69) is 26.8 Å². The van der Waals surface area contributed by atoms with E-state index < -0.39 is 0 Å². The number of hydrogen-bond donors (Lipinski definition) is 1. The Morgan fingerprint density at radius 3 is 2.50 bits per heavy atom. The first kappa shape index (κ1) is 11.4. The van der Waals surface area contributed by atoms with Gasteiger partial charge < -0.3 is 5.41 Å². The van der Waals surface area contributed by atoms with Crippen molar-refractivity contribution in [2.24, 2.45) is 5.92 Å². The molecular formula is C11H21N. The molecule has 0 bridgehead atoms. The summed E-state index contributed by atoms with van der Waals surface area (Å²) >= 11 is 0. The van der Waals surface area contributed by atoms with E-state index in [9.17, 15) is 0 Å². The summed E-state index contributed by atoms with van der Waals surface area (Å²) in [5.41, 5.74) is 1.51. The van der Waals surface area contributed by atoms with Gasteiger partial charge in [-0.05, 0) is 31.4 Å². The second kappa shape index (κ2) is 7.08. The van der Waals surface area contributed by atoms with E-state index in [4.69, 9.17) is 5.41 Å². The van der Waals surface area contributed by atoms with Gasteiger partial charge in [0.05, 0.1) is 0 Å². The van der Waals surface area contributed by atoms with Crippen LogP contribution in [0.1, 0.15) is 46.5 Å². The highest BCUT2D eigenvalue weighted by Crippen LogP contribution is 2.14. The molecule has 1 atom stereocenters. The highest BCUT2D eigenvalue weighted by Gasteiger charge is 2.00. The quantitative estimate of drug-likeness (QED) is 0.459. The zero-order valence-electron chi connectivity index (χ0n) is 8.56. The van der Waals surface area contributed by atoms with E-state index in [-0.39, 0.29) is 0 Å². The predicted molar refractivity (Wildman–Crippen MR) is 55.8 cm³/mol. The van der Waals surface area contributed by atoms with Gasteiger partial charge in [-0.3, -0.25) is 0 Å². The molecule has 0 saturated heterocycles. The van der Waals surface area contributed by atoms with E-state index in [1.165, 1.54) is 24.6 Å². The lowest BCUT2D eigenvalue weighted by molar-refractivity contribution is 0.739. The van der Waals surface area contributed by atoms with Gasteiger partial charge in [0.1, 0.15) is 0 Å². The zero-order chi connectivity index (χ0) is 9.40. The first-order valence-electron chi connectivity index (χ1n) is 4.93. The number of hydrogen-bond acceptors (Lipinski definition) is 1. The van der Waals surface area contributed by atoms with Crippen molar-refractivity contribution in [3.05, 3.63) is 11.6 Å². The fraction of sp³-hybridized carbons (Fsp3) is 0.727. The topological polar surface area (TPSA) is 23.9 Å². The molecule has 0 aliphatic heterocycles. The maximum atomic E-state index is 7.10. The summed E-state index contributed by atoms with van der Waals surface area (Å²) in [5, 5.41) is 7.10. The summed E-state index contributed by atoms with van der Waals surface area (Å²) in [7, 11) is 0. The molecule has 0 aliphatic carbocycles. The molecule has 0 aromatic heterocycles. The zero-order valence-corrected chi connectivity index (χ0v) is 8.56. The van der Waals surface area contributed by atoms with E-state index in [1.54, 1.807) is 0 Å². The first-order valence-corrected chi connectivity index (χ1v) is 4.93. The molecule has 1 heteroatoms. The fourth-order valence-electron chi connectivity index (χ4n) is 1.19. The second-order valence-corrected chi connectivity index (χ2v) is 3.35. The molecule has 1 unspecified atom stereocenters. The predicted octanol–water partition coefficient (Wildman–Crippen LogP) is 3.80. The Labute approximate surface area is 76.4 Å². The van der Waals surface area contributed by atoms with Gasteiger partial charge in [0.15, 0.2) is 0 Å². The monoisotopic (exact) mass is 167 g/mol.